The average molecular weight is 431 g/mol. The lowest BCUT2D eigenvalue weighted by molar-refractivity contribution is 1.25. The van der Waals surface area contributed by atoms with Gasteiger partial charge in [0.1, 0.15) is 0 Å². The summed E-state index contributed by atoms with van der Waals surface area (Å²) < 4.78 is 0. The Bertz CT molecular complexity index is 1940. The van der Waals surface area contributed by atoms with Crippen molar-refractivity contribution >= 4 is 56.1 Å². The molecule has 5 aromatic carbocycles. The monoisotopic (exact) mass is 430 g/mol. The van der Waals surface area contributed by atoms with E-state index in [2.05, 4.69) is 109 Å². The normalized spacial score (nSPS) is 16.8. The Balaban J connectivity index is 1.45. The third-order valence-electron chi connectivity index (χ3n) is 7.94. The summed E-state index contributed by atoms with van der Waals surface area (Å²) in [4.78, 5) is 0. The Kier molecular flexibility index (Phi) is 3.59. The van der Waals surface area contributed by atoms with Crippen LogP contribution in [-0.4, -0.2) is 0 Å². The number of benzene rings is 5. The van der Waals surface area contributed by atoms with E-state index in [1.807, 2.05) is 0 Å². The lowest BCUT2D eigenvalue weighted by atomic mass is 9.85. The van der Waals surface area contributed by atoms with Crippen molar-refractivity contribution in [3.63, 3.8) is 0 Å². The highest BCUT2D eigenvalue weighted by Crippen LogP contribution is 2.36. The van der Waals surface area contributed by atoms with E-state index in [9.17, 15) is 0 Å². The van der Waals surface area contributed by atoms with Crippen LogP contribution in [0.1, 0.15) is 27.8 Å². The number of rotatable bonds is 0. The quantitative estimate of drug-likeness (QED) is 0.236. The molecule has 0 amide bonds. The largest absolute Gasteiger partial charge is 0.0795 e. The van der Waals surface area contributed by atoms with Crippen LogP contribution < -0.4 is 10.4 Å². The second-order valence-corrected chi connectivity index (χ2v) is 9.60. The van der Waals surface area contributed by atoms with Crippen LogP contribution in [0, 0.1) is 0 Å². The second-order valence-electron chi connectivity index (χ2n) is 9.60. The van der Waals surface area contributed by atoms with Crippen LogP contribution in [0.15, 0.2) is 91.0 Å². The molecule has 0 bridgehead atoms. The van der Waals surface area contributed by atoms with Gasteiger partial charge in [-0.05, 0) is 89.0 Å². The molecule has 8 rings (SSSR count). The predicted molar refractivity (Wildman–Crippen MR) is 146 cm³/mol. The molecule has 0 heteroatoms. The van der Waals surface area contributed by atoms with Crippen LogP contribution in [0.5, 0.6) is 0 Å². The Morgan fingerprint density at radius 2 is 1.24 bits per heavy atom. The zero-order chi connectivity index (χ0) is 22.2. The predicted octanol–water partition coefficient (Wildman–Crippen LogP) is 6.83. The van der Waals surface area contributed by atoms with Crippen molar-refractivity contribution in [1.29, 1.82) is 0 Å². The molecule has 158 valence electrons. The molecular formula is C34H22. The van der Waals surface area contributed by atoms with Crippen molar-refractivity contribution in [3.05, 3.63) is 129 Å². The third kappa shape index (κ3) is 2.38. The molecule has 0 aromatic heterocycles. The molecule has 0 heterocycles. The van der Waals surface area contributed by atoms with Gasteiger partial charge in [-0.25, -0.2) is 0 Å². The van der Waals surface area contributed by atoms with Gasteiger partial charge in [-0.1, -0.05) is 109 Å². The molecule has 0 nitrogen and oxygen atoms in total. The lowest BCUT2D eigenvalue weighted by Crippen LogP contribution is -2.12. The second kappa shape index (κ2) is 6.68. The fraction of sp³-hybridized carbons (Fsp3) is 0.0588. The Labute approximate surface area is 198 Å². The van der Waals surface area contributed by atoms with E-state index in [-0.39, 0.29) is 0 Å². The fourth-order valence-electron chi connectivity index (χ4n) is 6.35. The van der Waals surface area contributed by atoms with Crippen LogP contribution >= 0.6 is 0 Å². The van der Waals surface area contributed by atoms with Crippen LogP contribution in [0.3, 0.4) is 0 Å². The van der Waals surface area contributed by atoms with Crippen molar-refractivity contribution in [2.24, 2.45) is 0 Å². The van der Waals surface area contributed by atoms with Gasteiger partial charge in [0.15, 0.2) is 0 Å². The van der Waals surface area contributed by atoms with Crippen molar-refractivity contribution in [1.82, 2.24) is 0 Å². The van der Waals surface area contributed by atoms with Crippen LogP contribution in [0.2, 0.25) is 0 Å². The molecule has 3 aliphatic rings. The minimum Gasteiger partial charge on any atom is -0.0795 e. The molecular weight excluding hydrogens is 408 g/mol. The highest BCUT2D eigenvalue weighted by atomic mass is 14.2. The summed E-state index contributed by atoms with van der Waals surface area (Å²) in [7, 11) is 0. The van der Waals surface area contributed by atoms with Crippen molar-refractivity contribution in [2.45, 2.75) is 12.8 Å². The van der Waals surface area contributed by atoms with E-state index in [1.165, 1.54) is 76.1 Å². The zero-order valence-electron chi connectivity index (χ0n) is 18.8. The Morgan fingerprint density at radius 1 is 0.500 bits per heavy atom. The summed E-state index contributed by atoms with van der Waals surface area (Å²) in [6.45, 7) is 0. The van der Waals surface area contributed by atoms with Crippen LogP contribution in [-0.2, 0) is 12.8 Å². The van der Waals surface area contributed by atoms with Gasteiger partial charge < -0.3 is 0 Å². The number of hydrogen-bond acceptors (Lipinski definition) is 0. The van der Waals surface area contributed by atoms with Gasteiger partial charge in [0, 0.05) is 0 Å². The molecule has 0 saturated heterocycles. The first-order valence-electron chi connectivity index (χ1n) is 12.1. The van der Waals surface area contributed by atoms with E-state index < -0.39 is 0 Å². The minimum atomic E-state index is 0.991. The van der Waals surface area contributed by atoms with Crippen molar-refractivity contribution < 1.29 is 0 Å². The molecule has 0 spiro atoms. The Hall–Kier alpha value is -4.16. The highest BCUT2D eigenvalue weighted by Gasteiger charge is 2.18. The molecule has 0 aliphatic heterocycles. The first-order valence-corrected chi connectivity index (χ1v) is 12.1. The topological polar surface area (TPSA) is 0 Å². The summed E-state index contributed by atoms with van der Waals surface area (Å²) in [5.74, 6) is 0. The van der Waals surface area contributed by atoms with Gasteiger partial charge in [0.25, 0.3) is 0 Å². The molecule has 3 aliphatic carbocycles. The summed E-state index contributed by atoms with van der Waals surface area (Å²) in [6.07, 6.45) is 17.8. The van der Waals surface area contributed by atoms with Gasteiger partial charge >= 0.3 is 0 Å². The van der Waals surface area contributed by atoms with E-state index in [4.69, 9.17) is 0 Å². The molecule has 0 atom stereocenters. The SMILES string of the molecule is C1=Cc2ccc3c(ccc4c(=C5C=CCc6c5ccc5c7c(ccc65)C=CC7)cccc43)c2=C1. The summed E-state index contributed by atoms with van der Waals surface area (Å²) in [5.41, 5.74) is 8.34. The van der Waals surface area contributed by atoms with Crippen LogP contribution in [0.25, 0.3) is 56.1 Å². The minimum absolute atomic E-state index is 0.991. The molecule has 0 radical (unpaired) electrons. The Morgan fingerprint density at radius 3 is 2.24 bits per heavy atom. The van der Waals surface area contributed by atoms with E-state index >= 15 is 0 Å². The van der Waals surface area contributed by atoms with Gasteiger partial charge in [0.05, 0.1) is 0 Å². The average Bonchev–Trinajstić information content (AvgIpc) is 3.57. The van der Waals surface area contributed by atoms with Crippen molar-refractivity contribution in [3.8, 4) is 0 Å². The molecule has 0 N–H and O–H groups in total. The first-order chi connectivity index (χ1) is 16.9. The van der Waals surface area contributed by atoms with Gasteiger partial charge in [0.2, 0.25) is 0 Å². The highest BCUT2D eigenvalue weighted by molar-refractivity contribution is 6.10. The number of allylic oxidation sites excluding steroid dienone is 4. The zero-order valence-corrected chi connectivity index (χ0v) is 18.8. The molecule has 0 unspecified atom stereocenters. The fourth-order valence-corrected chi connectivity index (χ4v) is 6.35. The third-order valence-corrected chi connectivity index (χ3v) is 7.94. The van der Waals surface area contributed by atoms with E-state index in [0.717, 1.165) is 12.8 Å². The van der Waals surface area contributed by atoms with Crippen molar-refractivity contribution in [2.75, 3.05) is 0 Å². The molecule has 0 saturated carbocycles. The lowest BCUT2D eigenvalue weighted by Gasteiger charge is -2.19. The summed E-state index contributed by atoms with van der Waals surface area (Å²) in [6, 6.07) is 25.3. The standard InChI is InChI=1S/C34H22/c1-5-21-13-15-31-27-11-3-9-25(33(27)19-17-29(31)23(21)7-1)26-10-4-12-28-32-16-14-22-6-2-8-24(22)30(32)18-20-34(26)28/h1-7,9-11,13-20H,8,12H2. The summed E-state index contributed by atoms with van der Waals surface area (Å²) in [5, 5.41) is 10.8. The first kappa shape index (κ1) is 18.3. The van der Waals surface area contributed by atoms with Gasteiger partial charge in [-0.15, -0.1) is 0 Å². The number of fused-ring (bicyclic) bond motifs is 10. The smallest absolute Gasteiger partial charge is 0.00818 e. The molecule has 34 heavy (non-hydrogen) atoms. The van der Waals surface area contributed by atoms with E-state index in [1.54, 1.807) is 0 Å². The molecule has 5 aromatic rings. The molecule has 0 fully saturated rings. The van der Waals surface area contributed by atoms with E-state index in [0.29, 0.717) is 0 Å². The van der Waals surface area contributed by atoms with Gasteiger partial charge in [-0.2, -0.15) is 0 Å². The summed E-state index contributed by atoms with van der Waals surface area (Å²) >= 11 is 0. The maximum atomic E-state index is 2.36. The van der Waals surface area contributed by atoms with Gasteiger partial charge in [-0.3, -0.25) is 0 Å². The number of hydrogen-bond donors (Lipinski definition) is 0. The maximum Gasteiger partial charge on any atom is -0.00818 e. The van der Waals surface area contributed by atoms with Crippen LogP contribution in [0.4, 0.5) is 0 Å². The maximum absolute atomic E-state index is 2.36.